The third-order valence-corrected chi connectivity index (χ3v) is 5.51. The van der Waals surface area contributed by atoms with Gasteiger partial charge >= 0.3 is 0 Å². The smallest absolute Gasteiger partial charge is 0.230 e. The molecule has 1 atom stereocenters. The highest BCUT2D eigenvalue weighted by Gasteiger charge is 2.32. The lowest BCUT2D eigenvalue weighted by atomic mass is 9.86. The standard InChI is InChI=1S/C16H24ClNOS/c1-3-12(4-2)18(10-9-17)16(19)14-6-5-7-15-13(14)8-11-20-15/h8,11-12,14H,3-7,9-10H2,1-2H3. The Labute approximate surface area is 131 Å². The summed E-state index contributed by atoms with van der Waals surface area (Å²) in [5.74, 6) is 0.873. The molecular formula is C16H24ClNOS. The van der Waals surface area contributed by atoms with Crippen LogP contribution in [0.1, 0.15) is 55.9 Å². The summed E-state index contributed by atoms with van der Waals surface area (Å²) in [6.45, 7) is 4.97. The second kappa shape index (κ2) is 7.46. The van der Waals surface area contributed by atoms with Crippen molar-refractivity contribution in [1.82, 2.24) is 4.90 Å². The van der Waals surface area contributed by atoms with Gasteiger partial charge in [-0.05, 0) is 49.1 Å². The first-order valence-electron chi connectivity index (χ1n) is 7.65. The molecule has 0 fully saturated rings. The number of aryl methyl sites for hydroxylation is 1. The normalized spacial score (nSPS) is 18.1. The predicted octanol–water partition coefficient (Wildman–Crippen LogP) is 4.42. The number of halogens is 1. The Morgan fingerprint density at radius 3 is 2.90 bits per heavy atom. The lowest BCUT2D eigenvalue weighted by Gasteiger charge is -2.34. The highest BCUT2D eigenvalue weighted by molar-refractivity contribution is 7.10. The average Bonchev–Trinajstić information content (AvgIpc) is 2.95. The second-order valence-corrected chi connectivity index (χ2v) is 6.81. The van der Waals surface area contributed by atoms with Gasteiger partial charge in [-0.15, -0.1) is 22.9 Å². The van der Waals surface area contributed by atoms with Crippen LogP contribution in [0, 0.1) is 0 Å². The summed E-state index contributed by atoms with van der Waals surface area (Å²) in [6.07, 6.45) is 5.25. The van der Waals surface area contributed by atoms with Crippen molar-refractivity contribution in [2.45, 2.75) is 57.9 Å². The maximum absolute atomic E-state index is 13.0. The maximum atomic E-state index is 13.0. The van der Waals surface area contributed by atoms with E-state index in [9.17, 15) is 4.79 Å². The molecule has 0 N–H and O–H groups in total. The Kier molecular flexibility index (Phi) is 5.91. The van der Waals surface area contributed by atoms with Gasteiger partial charge in [-0.3, -0.25) is 4.79 Å². The molecule has 1 heterocycles. The molecule has 4 heteroatoms. The topological polar surface area (TPSA) is 20.3 Å². The fourth-order valence-corrected chi connectivity index (χ4v) is 4.41. The van der Waals surface area contributed by atoms with Crippen molar-refractivity contribution in [3.05, 3.63) is 21.9 Å². The van der Waals surface area contributed by atoms with Crippen LogP contribution in [0.3, 0.4) is 0 Å². The second-order valence-electron chi connectivity index (χ2n) is 5.43. The van der Waals surface area contributed by atoms with E-state index >= 15 is 0 Å². The Morgan fingerprint density at radius 1 is 1.50 bits per heavy atom. The molecule has 0 aliphatic heterocycles. The Morgan fingerprint density at radius 2 is 2.25 bits per heavy atom. The third-order valence-electron chi connectivity index (χ3n) is 4.34. The summed E-state index contributed by atoms with van der Waals surface area (Å²) in [6, 6.07) is 2.47. The van der Waals surface area contributed by atoms with Gasteiger partial charge in [0.25, 0.3) is 0 Å². The zero-order valence-electron chi connectivity index (χ0n) is 12.4. The van der Waals surface area contributed by atoms with E-state index in [-0.39, 0.29) is 5.92 Å². The van der Waals surface area contributed by atoms with Gasteiger partial charge in [0.1, 0.15) is 0 Å². The zero-order chi connectivity index (χ0) is 14.5. The van der Waals surface area contributed by atoms with Crippen LogP contribution in [0.25, 0.3) is 0 Å². The largest absolute Gasteiger partial charge is 0.338 e. The number of hydrogen-bond donors (Lipinski definition) is 0. The molecule has 0 saturated carbocycles. The van der Waals surface area contributed by atoms with Crippen LogP contribution in [-0.4, -0.2) is 29.3 Å². The minimum absolute atomic E-state index is 0.0637. The monoisotopic (exact) mass is 313 g/mol. The van der Waals surface area contributed by atoms with E-state index in [1.807, 2.05) is 4.90 Å². The zero-order valence-corrected chi connectivity index (χ0v) is 14.0. The van der Waals surface area contributed by atoms with Crippen molar-refractivity contribution in [1.29, 1.82) is 0 Å². The quantitative estimate of drug-likeness (QED) is 0.712. The number of carbonyl (C=O) groups is 1. The third kappa shape index (κ3) is 3.20. The van der Waals surface area contributed by atoms with Crippen molar-refractivity contribution < 1.29 is 4.79 Å². The van der Waals surface area contributed by atoms with Crippen molar-refractivity contribution in [3.8, 4) is 0 Å². The van der Waals surface area contributed by atoms with Crippen molar-refractivity contribution in [2.24, 2.45) is 0 Å². The van der Waals surface area contributed by atoms with E-state index in [1.54, 1.807) is 11.3 Å². The van der Waals surface area contributed by atoms with Gasteiger partial charge in [-0.2, -0.15) is 0 Å². The minimum Gasteiger partial charge on any atom is -0.338 e. The van der Waals surface area contributed by atoms with Crippen molar-refractivity contribution >= 4 is 28.8 Å². The molecule has 1 aliphatic carbocycles. The molecule has 0 radical (unpaired) electrons. The van der Waals surface area contributed by atoms with E-state index < -0.39 is 0 Å². The number of carbonyl (C=O) groups excluding carboxylic acids is 1. The molecule has 2 nitrogen and oxygen atoms in total. The van der Waals surface area contributed by atoms with Crippen LogP contribution in [0.4, 0.5) is 0 Å². The van der Waals surface area contributed by atoms with E-state index in [1.165, 1.54) is 10.4 Å². The summed E-state index contributed by atoms with van der Waals surface area (Å²) in [5, 5.41) is 2.12. The summed E-state index contributed by atoms with van der Waals surface area (Å²) < 4.78 is 0. The Bertz CT molecular complexity index is 441. The van der Waals surface area contributed by atoms with Gasteiger partial charge in [-0.25, -0.2) is 0 Å². The van der Waals surface area contributed by atoms with Crippen LogP contribution < -0.4 is 0 Å². The van der Waals surface area contributed by atoms with Crippen molar-refractivity contribution in [2.75, 3.05) is 12.4 Å². The van der Waals surface area contributed by atoms with Crippen LogP contribution in [0.5, 0.6) is 0 Å². The van der Waals surface area contributed by atoms with Crippen LogP contribution in [-0.2, 0) is 11.2 Å². The van der Waals surface area contributed by atoms with Crippen molar-refractivity contribution in [3.63, 3.8) is 0 Å². The maximum Gasteiger partial charge on any atom is 0.230 e. The first-order chi connectivity index (χ1) is 9.72. The molecule has 0 aromatic carbocycles. The average molecular weight is 314 g/mol. The van der Waals surface area contributed by atoms with Crippen LogP contribution in [0.2, 0.25) is 0 Å². The van der Waals surface area contributed by atoms with E-state index in [4.69, 9.17) is 11.6 Å². The van der Waals surface area contributed by atoms with Gasteiger partial charge in [0.05, 0.1) is 5.92 Å². The predicted molar refractivity (Wildman–Crippen MR) is 86.8 cm³/mol. The molecule has 1 aliphatic rings. The number of hydrogen-bond acceptors (Lipinski definition) is 2. The summed E-state index contributed by atoms with van der Waals surface area (Å²) in [4.78, 5) is 16.4. The van der Waals surface area contributed by atoms with Crippen LogP contribution >= 0.6 is 22.9 Å². The fraction of sp³-hybridized carbons (Fsp3) is 0.688. The first-order valence-corrected chi connectivity index (χ1v) is 9.07. The molecule has 0 bridgehead atoms. The highest BCUT2D eigenvalue weighted by atomic mass is 35.5. The molecule has 112 valence electrons. The highest BCUT2D eigenvalue weighted by Crippen LogP contribution is 2.36. The van der Waals surface area contributed by atoms with E-state index in [2.05, 4.69) is 25.3 Å². The summed E-state index contributed by atoms with van der Waals surface area (Å²) in [7, 11) is 0. The molecular weight excluding hydrogens is 290 g/mol. The number of rotatable bonds is 6. The van der Waals surface area contributed by atoms with Crippen LogP contribution in [0.15, 0.2) is 11.4 Å². The summed E-state index contributed by atoms with van der Waals surface area (Å²) >= 11 is 7.72. The van der Waals surface area contributed by atoms with E-state index in [0.717, 1.165) is 32.1 Å². The molecule has 1 aromatic rings. The molecule has 0 spiro atoms. The SMILES string of the molecule is CCC(CC)N(CCCl)C(=O)C1CCCc2sccc21. The van der Waals surface area contributed by atoms with Gasteiger partial charge in [0, 0.05) is 23.3 Å². The molecule has 20 heavy (non-hydrogen) atoms. The number of amides is 1. The Hall–Kier alpha value is -0.540. The molecule has 1 amide bonds. The van der Waals surface area contributed by atoms with Gasteiger partial charge < -0.3 is 4.90 Å². The molecule has 1 unspecified atom stereocenters. The molecule has 1 aromatic heterocycles. The van der Waals surface area contributed by atoms with Gasteiger partial charge in [-0.1, -0.05) is 13.8 Å². The number of nitrogens with zero attached hydrogens (tertiary/aromatic N) is 1. The lowest BCUT2D eigenvalue weighted by Crippen LogP contribution is -2.44. The molecule has 2 rings (SSSR count). The van der Waals surface area contributed by atoms with Gasteiger partial charge in [0.15, 0.2) is 0 Å². The molecule has 0 saturated heterocycles. The van der Waals surface area contributed by atoms with Gasteiger partial charge in [0.2, 0.25) is 5.91 Å². The number of alkyl halides is 1. The minimum atomic E-state index is 0.0637. The first kappa shape index (κ1) is 15.8. The lowest BCUT2D eigenvalue weighted by molar-refractivity contribution is -0.135. The number of thiophene rings is 1. The fourth-order valence-electron chi connectivity index (χ4n) is 3.24. The van der Waals surface area contributed by atoms with E-state index in [0.29, 0.717) is 24.4 Å². The Balaban J connectivity index is 2.20. The number of fused-ring (bicyclic) bond motifs is 1. The summed E-state index contributed by atoms with van der Waals surface area (Å²) in [5.41, 5.74) is 1.27.